The molecule has 52 valence electrons. The van der Waals surface area contributed by atoms with Crippen LogP contribution in [-0.2, 0) is 9.47 Å². The zero-order valence-electron chi connectivity index (χ0n) is 5.28. The van der Waals surface area contributed by atoms with Crippen LogP contribution in [0, 0.1) is 0 Å². The third-order valence-electron chi connectivity index (χ3n) is 1.96. The lowest BCUT2D eigenvalue weighted by Gasteiger charge is -2.10. The van der Waals surface area contributed by atoms with Gasteiger partial charge >= 0.3 is 0 Å². The predicted octanol–water partition coefficient (Wildman–Crippen LogP) is -0.467. The van der Waals surface area contributed by atoms with Crippen molar-refractivity contribution in [3.8, 4) is 0 Å². The van der Waals surface area contributed by atoms with E-state index in [9.17, 15) is 0 Å². The van der Waals surface area contributed by atoms with Crippen LogP contribution in [0.25, 0.3) is 0 Å². The minimum atomic E-state index is -0.0509. The molecule has 0 spiro atoms. The predicted molar refractivity (Wildman–Crippen MR) is 30.1 cm³/mol. The first-order valence-electron chi connectivity index (χ1n) is 3.24. The summed E-state index contributed by atoms with van der Waals surface area (Å²) >= 11 is 0. The molecule has 0 amide bonds. The molecule has 0 saturated carbocycles. The topological polar surface area (TPSA) is 42.0 Å². The Kier molecular flexibility index (Phi) is 1.06. The van der Waals surface area contributed by atoms with E-state index in [0.717, 1.165) is 0 Å². The van der Waals surface area contributed by atoms with E-state index >= 15 is 0 Å². The highest BCUT2D eigenvalue weighted by Crippen LogP contribution is 2.38. The average Bonchev–Trinajstić information content (AvgIpc) is 2.56. The van der Waals surface area contributed by atoms with E-state index in [1.54, 1.807) is 0 Å². The summed E-state index contributed by atoms with van der Waals surface area (Å²) in [5.74, 6) is 0. The van der Waals surface area contributed by atoms with Gasteiger partial charge in [-0.05, 0) is 6.92 Å². The normalized spacial score (nSPS) is 55.3. The molecule has 3 nitrogen and oxygen atoms in total. The minimum Gasteiger partial charge on any atom is -0.394 e. The SMILES string of the molecule is C[C@@H]1O[C@H](CO)[C@@H]2O[C@@H]21. The summed E-state index contributed by atoms with van der Waals surface area (Å²) in [6, 6.07) is 0. The molecule has 0 aromatic heterocycles. The van der Waals surface area contributed by atoms with Gasteiger partial charge in [-0.2, -0.15) is 0 Å². The molecule has 0 aromatic carbocycles. The first-order valence-corrected chi connectivity index (χ1v) is 3.24. The average molecular weight is 130 g/mol. The monoisotopic (exact) mass is 130 g/mol. The van der Waals surface area contributed by atoms with Gasteiger partial charge in [0.05, 0.1) is 12.7 Å². The second-order valence-corrected chi connectivity index (χ2v) is 2.63. The number of epoxide rings is 1. The van der Waals surface area contributed by atoms with Gasteiger partial charge in [0.2, 0.25) is 0 Å². The number of aliphatic hydroxyl groups excluding tert-OH is 1. The first-order chi connectivity index (χ1) is 4.33. The van der Waals surface area contributed by atoms with E-state index in [1.807, 2.05) is 6.92 Å². The van der Waals surface area contributed by atoms with E-state index in [2.05, 4.69) is 0 Å². The third kappa shape index (κ3) is 0.689. The molecule has 0 aromatic rings. The summed E-state index contributed by atoms with van der Waals surface area (Å²) < 4.78 is 10.5. The van der Waals surface area contributed by atoms with Crippen molar-refractivity contribution in [1.29, 1.82) is 0 Å². The Hall–Kier alpha value is -0.120. The van der Waals surface area contributed by atoms with E-state index in [1.165, 1.54) is 0 Å². The lowest BCUT2D eigenvalue weighted by atomic mass is 10.2. The Morgan fingerprint density at radius 2 is 2.11 bits per heavy atom. The molecular weight excluding hydrogens is 120 g/mol. The van der Waals surface area contributed by atoms with Gasteiger partial charge in [-0.25, -0.2) is 0 Å². The van der Waals surface area contributed by atoms with Crippen molar-refractivity contribution in [2.24, 2.45) is 0 Å². The highest BCUT2D eigenvalue weighted by molar-refractivity contribution is 5.01. The molecule has 2 rings (SSSR count). The van der Waals surface area contributed by atoms with Gasteiger partial charge in [0.1, 0.15) is 18.3 Å². The molecule has 2 saturated heterocycles. The van der Waals surface area contributed by atoms with Crippen LogP contribution in [0.3, 0.4) is 0 Å². The number of hydrogen-bond donors (Lipinski definition) is 1. The van der Waals surface area contributed by atoms with Crippen LogP contribution >= 0.6 is 0 Å². The van der Waals surface area contributed by atoms with E-state index in [4.69, 9.17) is 14.6 Å². The van der Waals surface area contributed by atoms with Crippen LogP contribution in [0.2, 0.25) is 0 Å². The maximum atomic E-state index is 8.68. The van der Waals surface area contributed by atoms with Crippen molar-refractivity contribution in [3.05, 3.63) is 0 Å². The lowest BCUT2D eigenvalue weighted by molar-refractivity contribution is -0.0439. The molecule has 2 aliphatic heterocycles. The molecule has 1 N–H and O–H groups in total. The van der Waals surface area contributed by atoms with Crippen molar-refractivity contribution in [2.75, 3.05) is 6.61 Å². The molecule has 0 bridgehead atoms. The van der Waals surface area contributed by atoms with Crippen LogP contribution in [0.4, 0.5) is 0 Å². The largest absolute Gasteiger partial charge is 0.394 e. The molecule has 9 heavy (non-hydrogen) atoms. The quantitative estimate of drug-likeness (QED) is 0.488. The Labute approximate surface area is 53.6 Å². The minimum absolute atomic E-state index is 0.0509. The van der Waals surface area contributed by atoms with Gasteiger partial charge in [0.25, 0.3) is 0 Å². The number of ether oxygens (including phenoxy) is 2. The van der Waals surface area contributed by atoms with Crippen LogP contribution in [0.5, 0.6) is 0 Å². The van der Waals surface area contributed by atoms with Gasteiger partial charge in [-0.3, -0.25) is 0 Å². The first kappa shape index (κ1) is 5.65. The Morgan fingerprint density at radius 3 is 2.33 bits per heavy atom. The van der Waals surface area contributed by atoms with Gasteiger partial charge < -0.3 is 14.6 Å². The molecule has 0 aliphatic carbocycles. The fourth-order valence-corrected chi connectivity index (χ4v) is 1.39. The smallest absolute Gasteiger partial charge is 0.115 e. The number of rotatable bonds is 1. The zero-order chi connectivity index (χ0) is 6.43. The maximum absolute atomic E-state index is 8.68. The van der Waals surface area contributed by atoms with Gasteiger partial charge in [0.15, 0.2) is 0 Å². The number of aliphatic hydroxyl groups is 1. The van der Waals surface area contributed by atoms with Crippen molar-refractivity contribution < 1.29 is 14.6 Å². The van der Waals surface area contributed by atoms with Crippen LogP contribution in [-0.4, -0.2) is 36.1 Å². The van der Waals surface area contributed by atoms with Crippen LogP contribution in [0.1, 0.15) is 6.92 Å². The zero-order valence-corrected chi connectivity index (χ0v) is 5.28. The van der Waals surface area contributed by atoms with Gasteiger partial charge in [-0.15, -0.1) is 0 Å². The molecule has 2 heterocycles. The van der Waals surface area contributed by atoms with Crippen molar-refractivity contribution in [1.82, 2.24) is 0 Å². The Balaban J connectivity index is 2.00. The summed E-state index contributed by atoms with van der Waals surface area (Å²) in [6.45, 7) is 2.06. The number of fused-ring (bicyclic) bond motifs is 1. The highest BCUT2D eigenvalue weighted by atomic mass is 16.7. The summed E-state index contributed by atoms with van der Waals surface area (Å²) in [5.41, 5.74) is 0. The molecule has 2 aliphatic rings. The Morgan fingerprint density at radius 1 is 1.33 bits per heavy atom. The summed E-state index contributed by atoms with van der Waals surface area (Å²) in [6.07, 6.45) is 0.615. The molecule has 0 radical (unpaired) electrons. The van der Waals surface area contributed by atoms with E-state index in [0.29, 0.717) is 0 Å². The molecular formula is C6H10O3. The lowest BCUT2D eigenvalue weighted by Crippen LogP contribution is -2.21. The van der Waals surface area contributed by atoms with Gasteiger partial charge in [0, 0.05) is 0 Å². The molecule has 4 atom stereocenters. The van der Waals surface area contributed by atoms with Crippen LogP contribution in [0.15, 0.2) is 0 Å². The third-order valence-corrected chi connectivity index (χ3v) is 1.96. The number of hydrogen-bond acceptors (Lipinski definition) is 3. The van der Waals surface area contributed by atoms with Crippen molar-refractivity contribution >= 4 is 0 Å². The summed E-state index contributed by atoms with van der Waals surface area (Å²) in [7, 11) is 0. The second kappa shape index (κ2) is 1.68. The van der Waals surface area contributed by atoms with Crippen LogP contribution < -0.4 is 0 Å². The summed E-state index contributed by atoms with van der Waals surface area (Å²) in [5, 5.41) is 8.68. The molecule has 3 heteroatoms. The molecule has 2 fully saturated rings. The second-order valence-electron chi connectivity index (χ2n) is 2.63. The standard InChI is InChI=1S/C6H10O3/c1-3-5-6(9-5)4(2-7)8-3/h3-7H,2H2,1H3/t3-,4+,5+,6-/m0/s1. The van der Waals surface area contributed by atoms with Crippen molar-refractivity contribution in [3.63, 3.8) is 0 Å². The van der Waals surface area contributed by atoms with Gasteiger partial charge in [-0.1, -0.05) is 0 Å². The van der Waals surface area contributed by atoms with E-state index in [-0.39, 0.29) is 31.0 Å². The fraction of sp³-hybridized carbons (Fsp3) is 1.00. The summed E-state index contributed by atoms with van der Waals surface area (Å²) in [4.78, 5) is 0. The molecule has 0 unspecified atom stereocenters. The fourth-order valence-electron chi connectivity index (χ4n) is 1.39. The van der Waals surface area contributed by atoms with Crippen molar-refractivity contribution in [2.45, 2.75) is 31.3 Å². The Bertz CT molecular complexity index is 125. The maximum Gasteiger partial charge on any atom is 0.115 e. The highest BCUT2D eigenvalue weighted by Gasteiger charge is 2.55. The van der Waals surface area contributed by atoms with E-state index < -0.39 is 0 Å².